The lowest BCUT2D eigenvalue weighted by Gasteiger charge is -2.20. The number of carbonyl (C=O) groups is 1. The van der Waals surface area contributed by atoms with Crippen LogP contribution in [0, 0.1) is 0 Å². The van der Waals surface area contributed by atoms with Crippen molar-refractivity contribution in [3.05, 3.63) is 63.8 Å². The van der Waals surface area contributed by atoms with Gasteiger partial charge in [0, 0.05) is 16.5 Å². The highest BCUT2D eigenvalue weighted by Gasteiger charge is 2.35. The second kappa shape index (κ2) is 8.15. The Morgan fingerprint density at radius 1 is 0.912 bits per heavy atom. The number of aromatic hydroxyl groups is 1. The smallest absolute Gasteiger partial charge is 0.199 e. The number of methoxy groups -OCH3 is 1. The number of hydrogen-bond acceptors (Lipinski definition) is 5. The highest BCUT2D eigenvalue weighted by atomic mass is 16.5. The number of hydrogen-bond donors (Lipinski definition) is 2. The van der Waals surface area contributed by atoms with Gasteiger partial charge in [0.15, 0.2) is 5.78 Å². The highest BCUT2D eigenvalue weighted by molar-refractivity contribution is 6.39. The molecule has 5 heteroatoms. The summed E-state index contributed by atoms with van der Waals surface area (Å²) in [6.07, 6.45) is 0. The number of benzene rings is 2. The van der Waals surface area contributed by atoms with E-state index < -0.39 is 0 Å². The zero-order valence-corrected chi connectivity index (χ0v) is 21.2. The van der Waals surface area contributed by atoms with Crippen molar-refractivity contribution < 1.29 is 19.7 Å². The molecule has 0 unspecified atom stereocenters. The maximum Gasteiger partial charge on any atom is 0.199 e. The van der Waals surface area contributed by atoms with E-state index in [2.05, 4.69) is 54.5 Å². The molecule has 0 saturated heterocycles. The van der Waals surface area contributed by atoms with Crippen LogP contribution in [0.5, 0.6) is 11.5 Å². The Labute approximate surface area is 201 Å². The molecular weight excluding hydrogens is 426 g/mol. The van der Waals surface area contributed by atoms with Gasteiger partial charge >= 0.3 is 0 Å². The van der Waals surface area contributed by atoms with Crippen molar-refractivity contribution >= 4 is 28.0 Å². The number of aromatic nitrogens is 1. The van der Waals surface area contributed by atoms with Gasteiger partial charge in [-0.15, -0.1) is 0 Å². The standard InChI is InChI=1S/C29H33NO4/c1-14(2)18-12-19(15(3)4)28(34-8)21-13-22(31)25(30-24(18)21)23-26(32)17-10-9-16(29(5,6)7)11-20(17)27(23)33/h9-15,31,33H,1-8H3. The van der Waals surface area contributed by atoms with Crippen LogP contribution >= 0.6 is 0 Å². The fourth-order valence-electron chi connectivity index (χ4n) is 4.63. The number of aliphatic hydroxyl groups excluding tert-OH is 1. The van der Waals surface area contributed by atoms with Gasteiger partial charge < -0.3 is 14.9 Å². The molecule has 0 amide bonds. The summed E-state index contributed by atoms with van der Waals surface area (Å²) in [5.41, 5.74) is 4.57. The molecule has 0 fully saturated rings. The van der Waals surface area contributed by atoms with E-state index in [1.165, 1.54) is 0 Å². The van der Waals surface area contributed by atoms with Crippen molar-refractivity contribution in [3.8, 4) is 11.5 Å². The topological polar surface area (TPSA) is 79.7 Å². The van der Waals surface area contributed by atoms with Crippen molar-refractivity contribution in [2.75, 3.05) is 7.11 Å². The van der Waals surface area contributed by atoms with Crippen LogP contribution < -0.4 is 4.74 Å². The highest BCUT2D eigenvalue weighted by Crippen LogP contribution is 2.44. The van der Waals surface area contributed by atoms with Crippen LogP contribution in [0.2, 0.25) is 0 Å². The molecule has 2 aromatic carbocycles. The number of allylic oxidation sites excluding steroid dienone is 1. The molecule has 5 nitrogen and oxygen atoms in total. The summed E-state index contributed by atoms with van der Waals surface area (Å²) in [4.78, 5) is 18.1. The van der Waals surface area contributed by atoms with Crippen LogP contribution in [0.4, 0.5) is 0 Å². The van der Waals surface area contributed by atoms with Gasteiger partial charge in [-0.05, 0) is 58.2 Å². The summed E-state index contributed by atoms with van der Waals surface area (Å²) in [6.45, 7) is 14.6. The lowest BCUT2D eigenvalue weighted by atomic mass is 9.85. The molecule has 178 valence electrons. The van der Waals surface area contributed by atoms with Crippen LogP contribution in [0.15, 0.2) is 30.3 Å². The molecule has 0 atom stereocenters. The molecule has 2 N–H and O–H groups in total. The van der Waals surface area contributed by atoms with Crippen LogP contribution in [0.25, 0.3) is 22.2 Å². The lowest BCUT2D eigenvalue weighted by molar-refractivity contribution is 0.105. The minimum Gasteiger partial charge on any atom is -0.506 e. The van der Waals surface area contributed by atoms with Crippen molar-refractivity contribution in [1.82, 2.24) is 4.98 Å². The number of ether oxygens (including phenoxy) is 1. The van der Waals surface area contributed by atoms with E-state index >= 15 is 0 Å². The molecule has 3 aromatic rings. The number of pyridine rings is 1. The van der Waals surface area contributed by atoms with Crippen molar-refractivity contribution in [2.45, 2.75) is 65.7 Å². The molecule has 0 bridgehead atoms. The second-order valence-corrected chi connectivity index (χ2v) is 10.7. The Balaban J connectivity index is 2.00. The minimum absolute atomic E-state index is 0.0297. The molecule has 0 radical (unpaired) electrons. The molecule has 1 aliphatic carbocycles. The van der Waals surface area contributed by atoms with Crippen LogP contribution in [0.1, 0.15) is 98.6 Å². The van der Waals surface area contributed by atoms with Gasteiger partial charge in [0.25, 0.3) is 0 Å². The zero-order valence-electron chi connectivity index (χ0n) is 21.2. The van der Waals surface area contributed by atoms with Gasteiger partial charge in [0.2, 0.25) is 0 Å². The number of rotatable bonds is 4. The number of ketones is 1. The first-order valence-electron chi connectivity index (χ1n) is 11.7. The quantitative estimate of drug-likeness (QED) is 0.434. The van der Waals surface area contributed by atoms with Crippen LogP contribution in [0.3, 0.4) is 0 Å². The summed E-state index contributed by atoms with van der Waals surface area (Å²) in [7, 11) is 1.61. The third kappa shape index (κ3) is 3.64. The fraction of sp³-hybridized carbons (Fsp3) is 0.379. The molecule has 0 saturated carbocycles. The van der Waals surface area contributed by atoms with Gasteiger partial charge in [-0.2, -0.15) is 0 Å². The average molecular weight is 460 g/mol. The minimum atomic E-state index is -0.341. The summed E-state index contributed by atoms with van der Waals surface area (Å²) >= 11 is 0. The summed E-state index contributed by atoms with van der Waals surface area (Å²) in [5, 5.41) is 22.9. The van der Waals surface area contributed by atoms with E-state index in [1.807, 2.05) is 12.1 Å². The maximum atomic E-state index is 13.3. The van der Waals surface area contributed by atoms with Gasteiger partial charge in [-0.3, -0.25) is 4.79 Å². The Kier molecular flexibility index (Phi) is 5.71. The fourth-order valence-corrected chi connectivity index (χ4v) is 4.63. The third-order valence-corrected chi connectivity index (χ3v) is 6.63. The third-order valence-electron chi connectivity index (χ3n) is 6.63. The van der Waals surface area contributed by atoms with E-state index in [4.69, 9.17) is 9.72 Å². The van der Waals surface area contributed by atoms with Crippen molar-refractivity contribution in [2.24, 2.45) is 0 Å². The molecule has 0 spiro atoms. The van der Waals surface area contributed by atoms with Gasteiger partial charge in [-0.25, -0.2) is 4.98 Å². The molecule has 1 heterocycles. The number of fused-ring (bicyclic) bond motifs is 2. The van der Waals surface area contributed by atoms with Crippen LogP contribution in [-0.2, 0) is 5.41 Å². The normalized spacial score (nSPS) is 14.0. The number of Topliss-reactive ketones (excluding diaryl/α,β-unsaturated/α-hetero) is 1. The average Bonchev–Trinajstić information content (AvgIpc) is 3.01. The van der Waals surface area contributed by atoms with E-state index in [-0.39, 0.29) is 45.8 Å². The number of aliphatic hydroxyl groups is 1. The SMILES string of the molecule is COc1c(C(C)C)cc(C(C)C)c2nc(C3=C(O)c4cc(C(C)(C)C)ccc4C3=O)c(O)cc12. The predicted octanol–water partition coefficient (Wildman–Crippen LogP) is 7.12. The maximum absolute atomic E-state index is 13.3. The zero-order chi connectivity index (χ0) is 25.1. The Morgan fingerprint density at radius 3 is 2.12 bits per heavy atom. The van der Waals surface area contributed by atoms with E-state index in [0.29, 0.717) is 27.8 Å². The number of carbonyl (C=O) groups excluding carboxylic acids is 1. The molecule has 1 aliphatic rings. The van der Waals surface area contributed by atoms with Crippen molar-refractivity contribution in [3.63, 3.8) is 0 Å². The molecule has 4 rings (SSSR count). The second-order valence-electron chi connectivity index (χ2n) is 10.7. The lowest BCUT2D eigenvalue weighted by Crippen LogP contribution is -2.11. The summed E-state index contributed by atoms with van der Waals surface area (Å²) in [6, 6.07) is 9.21. The first kappa shape index (κ1) is 23.8. The van der Waals surface area contributed by atoms with E-state index in [1.54, 1.807) is 19.2 Å². The monoisotopic (exact) mass is 459 g/mol. The van der Waals surface area contributed by atoms with Crippen molar-refractivity contribution in [1.29, 1.82) is 0 Å². The largest absolute Gasteiger partial charge is 0.506 e. The van der Waals surface area contributed by atoms with Crippen LogP contribution in [-0.4, -0.2) is 28.1 Å². The van der Waals surface area contributed by atoms with Gasteiger partial charge in [0.1, 0.15) is 23.0 Å². The first-order valence-corrected chi connectivity index (χ1v) is 11.7. The van der Waals surface area contributed by atoms with Gasteiger partial charge in [-0.1, -0.05) is 54.5 Å². The number of nitrogens with zero attached hydrogens (tertiary/aromatic N) is 1. The molecule has 0 aliphatic heterocycles. The van der Waals surface area contributed by atoms with E-state index in [9.17, 15) is 15.0 Å². The Morgan fingerprint density at radius 2 is 1.56 bits per heavy atom. The van der Waals surface area contributed by atoms with E-state index in [0.717, 1.165) is 16.7 Å². The Bertz CT molecular complexity index is 1360. The molecular formula is C29H33NO4. The first-order chi connectivity index (χ1) is 15.9. The molecule has 1 aromatic heterocycles. The van der Waals surface area contributed by atoms with Gasteiger partial charge in [0.05, 0.1) is 18.2 Å². The Hall–Kier alpha value is -3.34. The molecule has 34 heavy (non-hydrogen) atoms. The predicted molar refractivity (Wildman–Crippen MR) is 137 cm³/mol. The summed E-state index contributed by atoms with van der Waals surface area (Å²) < 4.78 is 5.73. The summed E-state index contributed by atoms with van der Waals surface area (Å²) in [5.74, 6) is 0.382.